The Morgan fingerprint density at radius 3 is 2.43 bits per heavy atom. The van der Waals surface area contributed by atoms with Crippen molar-refractivity contribution < 1.29 is 19.1 Å². The van der Waals surface area contributed by atoms with Crippen molar-refractivity contribution in [3.8, 4) is 5.75 Å². The van der Waals surface area contributed by atoms with E-state index in [1.165, 1.54) is 22.9 Å². The van der Waals surface area contributed by atoms with E-state index >= 15 is 0 Å². The minimum atomic E-state index is -1.21. The van der Waals surface area contributed by atoms with Gasteiger partial charge < -0.3 is 19.4 Å². The third kappa shape index (κ3) is 4.94. The molecule has 2 aromatic carbocycles. The van der Waals surface area contributed by atoms with Crippen LogP contribution >= 0.6 is 0 Å². The Kier molecular flexibility index (Phi) is 6.64. The first-order valence-corrected chi connectivity index (χ1v) is 9.45. The van der Waals surface area contributed by atoms with Gasteiger partial charge in [0.25, 0.3) is 11.5 Å². The molecule has 3 aromatic rings. The van der Waals surface area contributed by atoms with Crippen LogP contribution in [0.25, 0.3) is 0 Å². The van der Waals surface area contributed by atoms with Gasteiger partial charge in [0.2, 0.25) is 6.10 Å². The standard InChI is InChI=1S/C23H22N2O5/c1-3-29-19-12-8-7-11-18(19)24-22(27)21(16-9-5-4-6-10-16)30-23(28)17-13-14-25(2)20(26)15-17/h4-15,21H,3H2,1-2H3,(H,24,27). The summed E-state index contributed by atoms with van der Waals surface area (Å²) < 4.78 is 12.4. The number of anilines is 1. The molecule has 1 heterocycles. The van der Waals surface area contributed by atoms with Crippen molar-refractivity contribution in [3.63, 3.8) is 0 Å². The van der Waals surface area contributed by atoms with Gasteiger partial charge in [-0.1, -0.05) is 42.5 Å². The van der Waals surface area contributed by atoms with Gasteiger partial charge in [-0.05, 0) is 25.1 Å². The van der Waals surface area contributed by atoms with Gasteiger partial charge in [0.05, 0.1) is 17.9 Å². The molecule has 7 heteroatoms. The fraction of sp³-hybridized carbons (Fsp3) is 0.174. The Morgan fingerprint density at radius 2 is 1.73 bits per heavy atom. The van der Waals surface area contributed by atoms with Crippen LogP contribution in [0.1, 0.15) is 28.9 Å². The van der Waals surface area contributed by atoms with Gasteiger partial charge in [0, 0.05) is 24.9 Å². The van der Waals surface area contributed by atoms with Crippen molar-refractivity contribution in [3.05, 3.63) is 94.4 Å². The van der Waals surface area contributed by atoms with E-state index in [1.54, 1.807) is 61.6 Å². The molecule has 0 aliphatic rings. The highest BCUT2D eigenvalue weighted by atomic mass is 16.5. The van der Waals surface area contributed by atoms with Crippen molar-refractivity contribution in [2.45, 2.75) is 13.0 Å². The number of carbonyl (C=O) groups excluding carboxylic acids is 2. The lowest BCUT2D eigenvalue weighted by Gasteiger charge is -2.19. The van der Waals surface area contributed by atoms with E-state index in [1.807, 2.05) is 6.92 Å². The molecule has 30 heavy (non-hydrogen) atoms. The molecule has 0 fully saturated rings. The average Bonchev–Trinajstić information content (AvgIpc) is 2.76. The highest BCUT2D eigenvalue weighted by Gasteiger charge is 2.26. The van der Waals surface area contributed by atoms with Crippen LogP contribution in [0.5, 0.6) is 5.75 Å². The molecule has 1 unspecified atom stereocenters. The van der Waals surface area contributed by atoms with Gasteiger partial charge in [-0.15, -0.1) is 0 Å². The number of aromatic nitrogens is 1. The van der Waals surface area contributed by atoms with E-state index < -0.39 is 18.0 Å². The number of nitrogens with zero attached hydrogens (tertiary/aromatic N) is 1. The van der Waals surface area contributed by atoms with Crippen LogP contribution < -0.4 is 15.6 Å². The molecule has 0 aliphatic heterocycles. The van der Waals surface area contributed by atoms with Crippen molar-refractivity contribution in [1.82, 2.24) is 4.57 Å². The van der Waals surface area contributed by atoms with Crippen LogP contribution in [0.3, 0.4) is 0 Å². The van der Waals surface area contributed by atoms with Crippen molar-refractivity contribution in [2.24, 2.45) is 7.05 Å². The number of esters is 1. The number of benzene rings is 2. The van der Waals surface area contributed by atoms with Crippen LogP contribution in [0, 0.1) is 0 Å². The Balaban J connectivity index is 1.88. The van der Waals surface area contributed by atoms with Gasteiger partial charge in [-0.2, -0.15) is 0 Å². The Bertz CT molecular complexity index is 1090. The molecule has 0 bridgehead atoms. The fourth-order valence-electron chi connectivity index (χ4n) is 2.80. The Hall–Kier alpha value is -3.87. The van der Waals surface area contributed by atoms with Gasteiger partial charge in [-0.25, -0.2) is 4.79 Å². The quantitative estimate of drug-likeness (QED) is 0.609. The van der Waals surface area contributed by atoms with E-state index in [9.17, 15) is 14.4 Å². The number of aryl methyl sites for hydroxylation is 1. The number of para-hydroxylation sites is 2. The first kappa shape index (κ1) is 20.9. The normalized spacial score (nSPS) is 11.4. The first-order valence-electron chi connectivity index (χ1n) is 9.45. The second-order valence-electron chi connectivity index (χ2n) is 6.48. The molecule has 1 amide bonds. The van der Waals surface area contributed by atoms with Crippen LogP contribution in [0.4, 0.5) is 5.69 Å². The van der Waals surface area contributed by atoms with Crippen molar-refractivity contribution in [1.29, 1.82) is 0 Å². The summed E-state index contributed by atoms with van der Waals surface area (Å²) in [5.41, 5.74) is 0.688. The van der Waals surface area contributed by atoms with E-state index in [0.29, 0.717) is 23.6 Å². The lowest BCUT2D eigenvalue weighted by Crippen LogP contribution is -2.27. The lowest BCUT2D eigenvalue weighted by molar-refractivity contribution is -0.125. The highest BCUT2D eigenvalue weighted by molar-refractivity contribution is 5.98. The summed E-state index contributed by atoms with van der Waals surface area (Å²) in [5.74, 6) is -0.793. The van der Waals surface area contributed by atoms with Gasteiger partial charge in [-0.3, -0.25) is 9.59 Å². The maximum Gasteiger partial charge on any atom is 0.339 e. The molecule has 1 atom stereocenters. The van der Waals surface area contributed by atoms with Crippen LogP contribution in [-0.2, 0) is 16.6 Å². The summed E-state index contributed by atoms with van der Waals surface area (Å²) >= 11 is 0. The van der Waals surface area contributed by atoms with Gasteiger partial charge in [0.1, 0.15) is 5.75 Å². The number of carbonyl (C=O) groups is 2. The number of hydrogen-bond acceptors (Lipinski definition) is 5. The smallest absolute Gasteiger partial charge is 0.339 e. The second-order valence-corrected chi connectivity index (χ2v) is 6.48. The minimum Gasteiger partial charge on any atom is -0.492 e. The molecule has 1 N–H and O–H groups in total. The van der Waals surface area contributed by atoms with Crippen LogP contribution in [0.2, 0.25) is 0 Å². The van der Waals surface area contributed by atoms with Crippen molar-refractivity contribution >= 4 is 17.6 Å². The monoisotopic (exact) mass is 406 g/mol. The number of amides is 1. The molecule has 0 saturated heterocycles. The summed E-state index contributed by atoms with van der Waals surface area (Å²) in [6.45, 7) is 2.28. The third-order valence-electron chi connectivity index (χ3n) is 4.35. The third-order valence-corrected chi connectivity index (χ3v) is 4.35. The molecule has 154 valence electrons. The zero-order valence-corrected chi connectivity index (χ0v) is 16.7. The van der Waals surface area contributed by atoms with E-state index in [2.05, 4.69) is 5.32 Å². The van der Waals surface area contributed by atoms with Gasteiger partial charge in [0.15, 0.2) is 0 Å². The van der Waals surface area contributed by atoms with E-state index in [0.717, 1.165) is 0 Å². The Morgan fingerprint density at radius 1 is 1.03 bits per heavy atom. The van der Waals surface area contributed by atoms with Crippen LogP contribution in [-0.4, -0.2) is 23.1 Å². The molecular formula is C23H22N2O5. The summed E-state index contributed by atoms with van der Waals surface area (Å²) in [6, 6.07) is 18.3. The number of rotatable bonds is 7. The lowest BCUT2D eigenvalue weighted by atomic mass is 10.1. The number of nitrogens with one attached hydrogen (secondary N) is 1. The zero-order chi connectivity index (χ0) is 21.5. The largest absolute Gasteiger partial charge is 0.492 e. The van der Waals surface area contributed by atoms with E-state index in [-0.39, 0.29) is 11.1 Å². The Labute approximate surface area is 173 Å². The summed E-state index contributed by atoms with van der Waals surface area (Å²) in [7, 11) is 1.58. The molecule has 0 radical (unpaired) electrons. The average molecular weight is 406 g/mol. The number of ether oxygens (including phenoxy) is 2. The fourth-order valence-corrected chi connectivity index (χ4v) is 2.80. The summed E-state index contributed by atoms with van der Waals surface area (Å²) in [5, 5.41) is 2.76. The molecule has 0 aliphatic carbocycles. The zero-order valence-electron chi connectivity index (χ0n) is 16.7. The van der Waals surface area contributed by atoms with Gasteiger partial charge >= 0.3 is 5.97 Å². The topological polar surface area (TPSA) is 86.6 Å². The second kappa shape index (κ2) is 9.56. The summed E-state index contributed by atoms with van der Waals surface area (Å²) in [6.07, 6.45) is 0.256. The molecule has 1 aromatic heterocycles. The molecule has 0 saturated carbocycles. The molecule has 0 spiro atoms. The van der Waals surface area contributed by atoms with Crippen LogP contribution in [0.15, 0.2) is 77.7 Å². The molecule has 3 rings (SSSR count). The molecular weight excluding hydrogens is 384 g/mol. The first-order chi connectivity index (χ1) is 14.5. The molecule has 7 nitrogen and oxygen atoms in total. The number of hydrogen-bond donors (Lipinski definition) is 1. The maximum atomic E-state index is 13.0. The predicted octanol–water partition coefficient (Wildman–Crippen LogP) is 3.32. The summed E-state index contributed by atoms with van der Waals surface area (Å²) in [4.78, 5) is 37.5. The maximum absolute atomic E-state index is 13.0. The van der Waals surface area contributed by atoms with E-state index in [4.69, 9.17) is 9.47 Å². The number of pyridine rings is 1. The predicted molar refractivity (Wildman–Crippen MR) is 113 cm³/mol. The SMILES string of the molecule is CCOc1ccccc1NC(=O)C(OC(=O)c1ccn(C)c(=O)c1)c1ccccc1. The highest BCUT2D eigenvalue weighted by Crippen LogP contribution is 2.27. The minimum absolute atomic E-state index is 0.0709. The van der Waals surface area contributed by atoms with Crippen molar-refractivity contribution in [2.75, 3.05) is 11.9 Å².